The molecule has 0 unspecified atom stereocenters. The van der Waals surface area contributed by atoms with Gasteiger partial charge in [0.1, 0.15) is 18.1 Å². The highest BCUT2D eigenvalue weighted by atomic mass is 16.5. The Morgan fingerprint density at radius 2 is 1.63 bits per heavy atom. The summed E-state index contributed by atoms with van der Waals surface area (Å²) in [5, 5.41) is 8.63. The maximum Gasteiger partial charge on any atom is 0.125 e. The van der Waals surface area contributed by atoms with Crippen LogP contribution in [-0.4, -0.2) is 5.11 Å². The van der Waals surface area contributed by atoms with Crippen molar-refractivity contribution in [3.63, 3.8) is 0 Å². The number of benzene rings is 2. The zero-order chi connectivity index (χ0) is 13.1. The second-order valence-corrected chi connectivity index (χ2v) is 4.56. The molecule has 2 aliphatic heterocycles. The minimum Gasteiger partial charge on any atom is -0.508 e. The molecule has 0 saturated carbocycles. The highest BCUT2D eigenvalue weighted by Gasteiger charge is 2.16. The van der Waals surface area contributed by atoms with Crippen molar-refractivity contribution in [2.24, 2.45) is 0 Å². The molecule has 0 saturated heterocycles. The molecule has 3 heteroatoms. The van der Waals surface area contributed by atoms with E-state index in [2.05, 4.69) is 26.8 Å². The number of phenols is 1. The van der Waals surface area contributed by atoms with Gasteiger partial charge in [-0.1, -0.05) is 18.2 Å². The van der Waals surface area contributed by atoms with E-state index < -0.39 is 0 Å². The number of hydrogen-bond donors (Lipinski definition) is 2. The third-order valence-corrected chi connectivity index (χ3v) is 3.26. The lowest BCUT2D eigenvalue weighted by atomic mass is 9.97. The molecule has 2 aromatic carbocycles. The van der Waals surface area contributed by atoms with Crippen LogP contribution in [0.5, 0.6) is 11.5 Å². The second kappa shape index (κ2) is 6.25. The van der Waals surface area contributed by atoms with Crippen LogP contribution >= 0.6 is 0 Å². The van der Waals surface area contributed by atoms with Crippen molar-refractivity contribution in [3.05, 3.63) is 58.7 Å². The van der Waals surface area contributed by atoms with Crippen LogP contribution in [0.1, 0.15) is 22.3 Å². The third kappa shape index (κ3) is 3.26. The summed E-state index contributed by atoms with van der Waals surface area (Å²) in [6, 6.07) is 10.9. The summed E-state index contributed by atoms with van der Waals surface area (Å²) in [5.74, 6) is 1.42. The summed E-state index contributed by atoms with van der Waals surface area (Å²) < 4.78 is 5.53. The summed E-state index contributed by atoms with van der Waals surface area (Å²) in [4.78, 5) is 0. The topological polar surface area (TPSA) is 64.5 Å². The summed E-state index contributed by atoms with van der Waals surface area (Å²) >= 11 is 0. The van der Waals surface area contributed by atoms with Gasteiger partial charge in [0.2, 0.25) is 0 Å². The normalized spacial score (nSPS) is 10.9. The Balaban J connectivity index is 0.000000198. The molecule has 102 valence electrons. The van der Waals surface area contributed by atoms with Gasteiger partial charge in [0, 0.05) is 0 Å². The van der Waals surface area contributed by atoms with Gasteiger partial charge in [-0.3, -0.25) is 0 Å². The minimum atomic E-state index is 0. The van der Waals surface area contributed by atoms with E-state index in [1.54, 1.807) is 24.3 Å². The Morgan fingerprint density at radius 1 is 1.00 bits per heavy atom. The highest BCUT2D eigenvalue weighted by Crippen LogP contribution is 2.34. The van der Waals surface area contributed by atoms with E-state index in [1.165, 1.54) is 22.3 Å². The van der Waals surface area contributed by atoms with Gasteiger partial charge in [0.25, 0.3) is 0 Å². The maximum atomic E-state index is 8.63. The summed E-state index contributed by atoms with van der Waals surface area (Å²) in [6.07, 6.45) is 0. The lowest BCUT2D eigenvalue weighted by Gasteiger charge is -2.23. The second-order valence-electron chi connectivity index (χ2n) is 4.56. The van der Waals surface area contributed by atoms with Crippen LogP contribution in [0.25, 0.3) is 0 Å². The van der Waals surface area contributed by atoms with E-state index in [1.807, 2.05) is 6.07 Å². The molecule has 4 rings (SSSR count). The molecule has 0 spiro atoms. The van der Waals surface area contributed by atoms with Crippen LogP contribution in [0, 0.1) is 20.8 Å². The van der Waals surface area contributed by atoms with Crippen LogP contribution in [0.2, 0.25) is 0 Å². The van der Waals surface area contributed by atoms with Gasteiger partial charge < -0.3 is 16.0 Å². The largest absolute Gasteiger partial charge is 0.508 e. The van der Waals surface area contributed by atoms with Gasteiger partial charge in [-0.2, -0.15) is 0 Å². The SMILES string of the molecule is Cc1cc2c(C)c(C)c1OC2.N.Oc1ccccc1. The smallest absolute Gasteiger partial charge is 0.125 e. The zero-order valence-electron chi connectivity index (χ0n) is 11.7. The lowest BCUT2D eigenvalue weighted by Crippen LogP contribution is -2.10. The van der Waals surface area contributed by atoms with Crippen molar-refractivity contribution in [3.8, 4) is 11.5 Å². The predicted molar refractivity (Wildman–Crippen MR) is 78.1 cm³/mol. The van der Waals surface area contributed by atoms with Gasteiger partial charge in [-0.25, -0.2) is 0 Å². The standard InChI is InChI=1S/C10H12O.C6H6O.H3N/c1-6-4-9-5-11-10(6)8(3)7(9)2;7-6-4-2-1-3-5-6;/h4H,5H2,1-3H3;1-5,7H;1H3. The van der Waals surface area contributed by atoms with Crippen molar-refractivity contribution < 1.29 is 9.84 Å². The van der Waals surface area contributed by atoms with Crippen molar-refractivity contribution >= 4 is 0 Å². The van der Waals surface area contributed by atoms with E-state index in [-0.39, 0.29) is 6.15 Å². The zero-order valence-corrected chi connectivity index (χ0v) is 11.7. The van der Waals surface area contributed by atoms with Crippen LogP contribution in [0.3, 0.4) is 0 Å². The van der Waals surface area contributed by atoms with Crippen LogP contribution in [0.4, 0.5) is 0 Å². The Kier molecular flexibility index (Phi) is 4.95. The first-order valence-electron chi connectivity index (χ1n) is 6.06. The number of ether oxygens (including phenoxy) is 1. The number of hydrogen-bond acceptors (Lipinski definition) is 3. The molecular formula is C16H21NO2. The Hall–Kier alpha value is -2.00. The van der Waals surface area contributed by atoms with Gasteiger partial charge in [0.05, 0.1) is 0 Å². The Bertz CT molecular complexity index is 550. The average Bonchev–Trinajstić information content (AvgIpc) is 2.37. The first-order chi connectivity index (χ1) is 8.59. The first kappa shape index (κ1) is 15.1. The van der Waals surface area contributed by atoms with E-state index in [0.717, 1.165) is 12.4 Å². The van der Waals surface area contributed by atoms with Gasteiger partial charge in [0.15, 0.2) is 0 Å². The van der Waals surface area contributed by atoms with E-state index in [9.17, 15) is 0 Å². The van der Waals surface area contributed by atoms with Crippen molar-refractivity contribution in [1.82, 2.24) is 6.15 Å². The van der Waals surface area contributed by atoms with Crippen LogP contribution in [-0.2, 0) is 6.61 Å². The summed E-state index contributed by atoms with van der Waals surface area (Å²) in [7, 11) is 0. The molecule has 0 atom stereocenters. The number of para-hydroxylation sites is 1. The Labute approximate surface area is 114 Å². The summed E-state index contributed by atoms with van der Waals surface area (Å²) in [6.45, 7) is 7.16. The monoisotopic (exact) mass is 259 g/mol. The number of rotatable bonds is 0. The van der Waals surface area contributed by atoms with Gasteiger partial charge in [-0.15, -0.1) is 0 Å². The molecule has 0 aliphatic carbocycles. The fourth-order valence-electron chi connectivity index (χ4n) is 2.09. The molecule has 0 amide bonds. The molecule has 2 bridgehead atoms. The van der Waals surface area contributed by atoms with Crippen LogP contribution in [0.15, 0.2) is 36.4 Å². The fourth-order valence-corrected chi connectivity index (χ4v) is 2.09. The van der Waals surface area contributed by atoms with Crippen molar-refractivity contribution in [1.29, 1.82) is 0 Å². The third-order valence-electron chi connectivity index (χ3n) is 3.26. The molecule has 0 fully saturated rings. The number of fused-ring (bicyclic) bond motifs is 3. The molecule has 0 aromatic heterocycles. The molecule has 19 heavy (non-hydrogen) atoms. The molecular weight excluding hydrogens is 238 g/mol. The van der Waals surface area contributed by atoms with E-state index >= 15 is 0 Å². The number of phenolic OH excluding ortho intramolecular Hbond substituents is 1. The average molecular weight is 259 g/mol. The van der Waals surface area contributed by atoms with Crippen LogP contribution < -0.4 is 10.9 Å². The highest BCUT2D eigenvalue weighted by molar-refractivity contribution is 5.51. The lowest BCUT2D eigenvalue weighted by molar-refractivity contribution is 0.287. The fraction of sp³-hybridized carbons (Fsp3) is 0.250. The minimum absolute atomic E-state index is 0. The van der Waals surface area contributed by atoms with E-state index in [4.69, 9.17) is 9.84 Å². The van der Waals surface area contributed by atoms with Crippen molar-refractivity contribution in [2.45, 2.75) is 27.4 Å². The van der Waals surface area contributed by atoms with Crippen molar-refractivity contribution in [2.75, 3.05) is 0 Å². The number of aryl methyl sites for hydroxylation is 1. The molecule has 3 nitrogen and oxygen atoms in total. The molecule has 2 aliphatic rings. The molecule has 2 aromatic rings. The molecule has 2 heterocycles. The maximum absolute atomic E-state index is 8.63. The Morgan fingerprint density at radius 3 is 2.00 bits per heavy atom. The summed E-state index contributed by atoms with van der Waals surface area (Å²) in [5.41, 5.74) is 5.33. The molecule has 4 N–H and O–H groups in total. The van der Waals surface area contributed by atoms with Gasteiger partial charge in [-0.05, 0) is 61.2 Å². The quantitative estimate of drug-likeness (QED) is 0.750. The first-order valence-corrected chi connectivity index (χ1v) is 6.06. The van der Waals surface area contributed by atoms with Gasteiger partial charge >= 0.3 is 0 Å². The predicted octanol–water partition coefficient (Wildman–Crippen LogP) is 4.06. The van der Waals surface area contributed by atoms with E-state index in [0.29, 0.717) is 5.75 Å². The number of aromatic hydroxyl groups is 1. The molecule has 0 radical (unpaired) electrons.